The van der Waals surface area contributed by atoms with Crippen LogP contribution < -0.4 is 14.8 Å². The molecule has 1 aromatic rings. The quantitative estimate of drug-likeness (QED) is 0.800. The molecule has 0 heterocycles. The number of halogens is 1. The molecule has 0 bridgehead atoms. The van der Waals surface area contributed by atoms with E-state index in [-0.39, 0.29) is 5.91 Å². The maximum absolute atomic E-state index is 12.0. The zero-order chi connectivity index (χ0) is 16.3. The van der Waals surface area contributed by atoms with Gasteiger partial charge in [-0.05, 0) is 46.5 Å². The Balaban J connectivity index is 2.01. The van der Waals surface area contributed by atoms with Crippen molar-refractivity contribution in [3.8, 4) is 11.5 Å². The summed E-state index contributed by atoms with van der Waals surface area (Å²) >= 11 is 3.39. The predicted molar refractivity (Wildman–Crippen MR) is 82.9 cm³/mol. The van der Waals surface area contributed by atoms with Gasteiger partial charge in [-0.2, -0.15) is 0 Å². The van der Waals surface area contributed by atoms with Crippen LogP contribution in [0.2, 0.25) is 0 Å². The molecule has 0 aliphatic heterocycles. The standard InChI is InChI=1S/C15H18BrNO5/c1-21-12-6-8(5-11(16)13(12)22-2)7-17-14(18)9-3-4-10(9)15(19)20/h5-6,9-10H,3-4,7H2,1-2H3,(H,17,18)(H,19,20). The number of aliphatic carboxylic acids is 1. The fourth-order valence-corrected chi connectivity index (χ4v) is 3.15. The molecule has 2 atom stereocenters. The maximum Gasteiger partial charge on any atom is 0.307 e. The maximum atomic E-state index is 12.0. The third-order valence-electron chi connectivity index (χ3n) is 3.89. The van der Waals surface area contributed by atoms with Crippen LogP contribution in [0.1, 0.15) is 18.4 Å². The second kappa shape index (κ2) is 7.00. The van der Waals surface area contributed by atoms with Gasteiger partial charge in [0.05, 0.1) is 30.5 Å². The van der Waals surface area contributed by atoms with Crippen LogP contribution in [0.3, 0.4) is 0 Å². The summed E-state index contributed by atoms with van der Waals surface area (Å²) in [4.78, 5) is 23.0. The molecule has 120 valence electrons. The van der Waals surface area contributed by atoms with Gasteiger partial charge in [0.25, 0.3) is 0 Å². The minimum Gasteiger partial charge on any atom is -0.493 e. The number of nitrogens with one attached hydrogen (secondary N) is 1. The number of hydrogen-bond donors (Lipinski definition) is 2. The van der Waals surface area contributed by atoms with Crippen LogP contribution in [0, 0.1) is 11.8 Å². The van der Waals surface area contributed by atoms with Crippen LogP contribution in [0.5, 0.6) is 11.5 Å². The normalized spacial score (nSPS) is 20.0. The zero-order valence-electron chi connectivity index (χ0n) is 12.4. The van der Waals surface area contributed by atoms with Crippen molar-refractivity contribution < 1.29 is 24.2 Å². The fraction of sp³-hybridized carbons (Fsp3) is 0.467. The SMILES string of the molecule is COc1cc(CNC(=O)C2CCC2C(=O)O)cc(Br)c1OC. The summed E-state index contributed by atoms with van der Waals surface area (Å²) in [6, 6.07) is 3.61. The molecule has 0 radical (unpaired) electrons. The summed E-state index contributed by atoms with van der Waals surface area (Å²) in [5, 5.41) is 11.8. The molecule has 1 aliphatic carbocycles. The van der Waals surface area contributed by atoms with E-state index < -0.39 is 17.8 Å². The summed E-state index contributed by atoms with van der Waals surface area (Å²) in [6.45, 7) is 0.306. The predicted octanol–water partition coefficient (Wildman–Crippen LogP) is 2.19. The first kappa shape index (κ1) is 16.6. The van der Waals surface area contributed by atoms with Crippen molar-refractivity contribution in [2.24, 2.45) is 11.8 Å². The van der Waals surface area contributed by atoms with Gasteiger partial charge in [-0.3, -0.25) is 9.59 Å². The summed E-state index contributed by atoms with van der Waals surface area (Å²) in [7, 11) is 3.09. The van der Waals surface area contributed by atoms with Crippen LogP contribution >= 0.6 is 15.9 Å². The summed E-state index contributed by atoms with van der Waals surface area (Å²) in [6.07, 6.45) is 1.19. The second-order valence-electron chi connectivity index (χ2n) is 5.16. The lowest BCUT2D eigenvalue weighted by atomic mass is 9.73. The van der Waals surface area contributed by atoms with Gasteiger partial charge in [0.1, 0.15) is 0 Å². The van der Waals surface area contributed by atoms with Crippen molar-refractivity contribution in [1.82, 2.24) is 5.32 Å². The number of rotatable bonds is 6. The number of methoxy groups -OCH3 is 2. The Morgan fingerprint density at radius 2 is 1.95 bits per heavy atom. The first-order valence-electron chi connectivity index (χ1n) is 6.88. The monoisotopic (exact) mass is 371 g/mol. The lowest BCUT2D eigenvalue weighted by Gasteiger charge is -2.31. The van der Waals surface area contributed by atoms with Crippen LogP contribution in [0.15, 0.2) is 16.6 Å². The van der Waals surface area contributed by atoms with E-state index in [9.17, 15) is 9.59 Å². The molecule has 2 unspecified atom stereocenters. The molecule has 1 saturated carbocycles. The van der Waals surface area contributed by atoms with E-state index in [2.05, 4.69) is 21.2 Å². The average Bonchev–Trinajstić information content (AvgIpc) is 2.42. The average molecular weight is 372 g/mol. The van der Waals surface area contributed by atoms with Gasteiger partial charge in [0.2, 0.25) is 5.91 Å². The van der Waals surface area contributed by atoms with Gasteiger partial charge in [-0.25, -0.2) is 0 Å². The molecule has 6 nitrogen and oxygen atoms in total. The lowest BCUT2D eigenvalue weighted by Crippen LogP contribution is -2.43. The fourth-order valence-electron chi connectivity index (χ4n) is 2.50. The zero-order valence-corrected chi connectivity index (χ0v) is 14.0. The Bertz CT molecular complexity index is 590. The molecule has 1 aliphatic rings. The first-order chi connectivity index (χ1) is 10.5. The highest BCUT2D eigenvalue weighted by Crippen LogP contribution is 2.37. The van der Waals surface area contributed by atoms with E-state index in [1.54, 1.807) is 20.3 Å². The van der Waals surface area contributed by atoms with Crippen molar-refractivity contribution in [2.45, 2.75) is 19.4 Å². The largest absolute Gasteiger partial charge is 0.493 e. The molecule has 1 amide bonds. The number of benzene rings is 1. The highest BCUT2D eigenvalue weighted by atomic mass is 79.9. The molecule has 0 aromatic heterocycles. The van der Waals surface area contributed by atoms with Gasteiger partial charge in [0.15, 0.2) is 11.5 Å². The van der Waals surface area contributed by atoms with Crippen molar-refractivity contribution in [2.75, 3.05) is 14.2 Å². The summed E-state index contributed by atoms with van der Waals surface area (Å²) < 4.78 is 11.2. The van der Waals surface area contributed by atoms with Crippen molar-refractivity contribution >= 4 is 27.8 Å². The van der Waals surface area contributed by atoms with Crippen molar-refractivity contribution in [3.05, 3.63) is 22.2 Å². The number of carbonyl (C=O) groups excluding carboxylic acids is 1. The minimum atomic E-state index is -0.903. The Morgan fingerprint density at radius 1 is 1.27 bits per heavy atom. The number of carboxylic acids is 1. The summed E-state index contributed by atoms with van der Waals surface area (Å²) in [5.74, 6) is -0.960. The van der Waals surface area contributed by atoms with E-state index in [4.69, 9.17) is 14.6 Å². The molecule has 0 saturated heterocycles. The Hall–Kier alpha value is -1.76. The van der Waals surface area contributed by atoms with Crippen molar-refractivity contribution in [3.63, 3.8) is 0 Å². The molecule has 0 spiro atoms. The summed E-state index contributed by atoms with van der Waals surface area (Å²) in [5.41, 5.74) is 0.837. The van der Waals surface area contributed by atoms with E-state index >= 15 is 0 Å². The molecule has 2 rings (SSSR count). The van der Waals surface area contributed by atoms with Gasteiger partial charge in [-0.15, -0.1) is 0 Å². The Morgan fingerprint density at radius 3 is 2.45 bits per heavy atom. The van der Waals surface area contributed by atoms with Crippen LogP contribution in [-0.4, -0.2) is 31.2 Å². The molecular weight excluding hydrogens is 354 g/mol. The number of hydrogen-bond acceptors (Lipinski definition) is 4. The molecule has 22 heavy (non-hydrogen) atoms. The highest BCUT2D eigenvalue weighted by Gasteiger charge is 2.41. The Kier molecular flexibility index (Phi) is 5.28. The van der Waals surface area contributed by atoms with Crippen LogP contribution in [0.4, 0.5) is 0 Å². The topological polar surface area (TPSA) is 84.9 Å². The number of carbonyl (C=O) groups is 2. The minimum absolute atomic E-state index is 0.218. The van der Waals surface area contributed by atoms with E-state index in [1.807, 2.05) is 6.07 Å². The molecule has 2 N–H and O–H groups in total. The second-order valence-corrected chi connectivity index (χ2v) is 6.01. The van der Waals surface area contributed by atoms with E-state index in [0.717, 1.165) is 10.0 Å². The number of amides is 1. The highest BCUT2D eigenvalue weighted by molar-refractivity contribution is 9.10. The van der Waals surface area contributed by atoms with Gasteiger partial charge in [0, 0.05) is 6.54 Å². The Labute approximate surface area is 136 Å². The smallest absolute Gasteiger partial charge is 0.307 e. The third-order valence-corrected chi connectivity index (χ3v) is 4.48. The number of carboxylic acid groups (broad SMARTS) is 1. The van der Waals surface area contributed by atoms with Crippen molar-refractivity contribution in [1.29, 1.82) is 0 Å². The first-order valence-corrected chi connectivity index (χ1v) is 7.68. The lowest BCUT2D eigenvalue weighted by molar-refractivity contribution is -0.152. The molecule has 7 heteroatoms. The van der Waals surface area contributed by atoms with Crippen LogP contribution in [-0.2, 0) is 16.1 Å². The molecular formula is C15H18BrNO5. The van der Waals surface area contributed by atoms with E-state index in [0.29, 0.717) is 30.9 Å². The van der Waals surface area contributed by atoms with Gasteiger partial charge >= 0.3 is 5.97 Å². The molecule has 1 fully saturated rings. The van der Waals surface area contributed by atoms with Gasteiger partial charge < -0.3 is 19.9 Å². The number of ether oxygens (including phenoxy) is 2. The van der Waals surface area contributed by atoms with Crippen LogP contribution in [0.25, 0.3) is 0 Å². The third kappa shape index (κ3) is 3.35. The van der Waals surface area contributed by atoms with Gasteiger partial charge in [-0.1, -0.05) is 0 Å². The van der Waals surface area contributed by atoms with E-state index in [1.165, 1.54) is 0 Å². The molecule has 1 aromatic carbocycles.